The van der Waals surface area contributed by atoms with Gasteiger partial charge in [-0.25, -0.2) is 0 Å². The highest BCUT2D eigenvalue weighted by atomic mass is 19.4. The summed E-state index contributed by atoms with van der Waals surface area (Å²) in [5, 5.41) is 0. The number of primary amides is 1. The summed E-state index contributed by atoms with van der Waals surface area (Å²) < 4.78 is 39.8. The molecular weight excluding hydrogens is 299 g/mol. The van der Waals surface area contributed by atoms with Crippen LogP contribution in [0.1, 0.15) is 26.3 Å². The fourth-order valence-electron chi connectivity index (χ4n) is 1.76. The maximum absolute atomic E-state index is 12.1. The number of carbonyl (C=O) groups is 2. The minimum Gasteiger partial charge on any atom is -0.406 e. The number of halogens is 3. The highest BCUT2D eigenvalue weighted by Crippen LogP contribution is 2.23. The summed E-state index contributed by atoms with van der Waals surface area (Å²) in [6, 6.07) is 10.2. The fraction of sp³-hybridized carbons (Fsp3) is 0.0667. The molecule has 0 radical (unpaired) electrons. The minimum absolute atomic E-state index is 0.196. The molecule has 0 aromatic heterocycles. The molecule has 0 saturated carbocycles. The first-order valence-electron chi connectivity index (χ1n) is 6.06. The molecule has 2 N–H and O–H groups in total. The fourth-order valence-corrected chi connectivity index (χ4v) is 1.76. The molecule has 2 aromatic rings. The summed E-state index contributed by atoms with van der Waals surface area (Å²) in [7, 11) is 0. The number of alkyl halides is 3. The smallest absolute Gasteiger partial charge is 0.406 e. The molecular formula is C15H10F3NO3. The minimum atomic E-state index is -4.78. The number of ketones is 1. The van der Waals surface area contributed by atoms with Gasteiger partial charge in [0.05, 0.1) is 0 Å². The molecule has 7 heteroatoms. The van der Waals surface area contributed by atoms with Crippen molar-refractivity contribution in [3.8, 4) is 5.75 Å². The number of rotatable bonds is 4. The molecule has 1 amide bonds. The van der Waals surface area contributed by atoms with Crippen molar-refractivity contribution in [2.45, 2.75) is 6.36 Å². The summed E-state index contributed by atoms with van der Waals surface area (Å²) >= 11 is 0. The Labute approximate surface area is 123 Å². The van der Waals surface area contributed by atoms with Gasteiger partial charge in [-0.2, -0.15) is 0 Å². The SMILES string of the molecule is NC(=O)c1ccc(C(=O)c2ccc(OC(F)(F)F)cc2)cc1. The van der Waals surface area contributed by atoms with Gasteiger partial charge >= 0.3 is 6.36 Å². The highest BCUT2D eigenvalue weighted by Gasteiger charge is 2.31. The molecule has 0 aliphatic heterocycles. The van der Waals surface area contributed by atoms with Crippen LogP contribution in [0.15, 0.2) is 48.5 Å². The van der Waals surface area contributed by atoms with Crippen molar-refractivity contribution in [1.82, 2.24) is 0 Å². The molecule has 0 aliphatic rings. The molecule has 0 saturated heterocycles. The molecule has 0 atom stereocenters. The van der Waals surface area contributed by atoms with Gasteiger partial charge < -0.3 is 10.5 Å². The van der Waals surface area contributed by atoms with E-state index in [0.717, 1.165) is 12.1 Å². The van der Waals surface area contributed by atoms with Gasteiger partial charge in [-0.15, -0.1) is 13.2 Å². The largest absolute Gasteiger partial charge is 0.573 e. The molecule has 0 fully saturated rings. The second kappa shape index (κ2) is 5.88. The number of benzene rings is 2. The highest BCUT2D eigenvalue weighted by molar-refractivity contribution is 6.09. The third-order valence-corrected chi connectivity index (χ3v) is 2.78. The summed E-state index contributed by atoms with van der Waals surface area (Å²) in [4.78, 5) is 23.1. The Balaban J connectivity index is 2.17. The Morgan fingerprint density at radius 3 is 1.64 bits per heavy atom. The summed E-state index contributed by atoms with van der Waals surface area (Å²) in [6.07, 6.45) is -4.78. The van der Waals surface area contributed by atoms with Gasteiger partial charge in [0.1, 0.15) is 5.75 Å². The lowest BCUT2D eigenvalue weighted by Crippen LogP contribution is -2.17. The first kappa shape index (κ1) is 15.6. The van der Waals surface area contributed by atoms with Crippen LogP contribution in [0.5, 0.6) is 5.75 Å². The van der Waals surface area contributed by atoms with E-state index in [1.54, 1.807) is 0 Å². The second-order valence-corrected chi connectivity index (χ2v) is 4.34. The average Bonchev–Trinajstić information content (AvgIpc) is 2.46. The second-order valence-electron chi connectivity index (χ2n) is 4.34. The van der Waals surface area contributed by atoms with Gasteiger partial charge in [0.25, 0.3) is 0 Å². The molecule has 0 heterocycles. The van der Waals surface area contributed by atoms with E-state index in [2.05, 4.69) is 4.74 Å². The monoisotopic (exact) mass is 309 g/mol. The van der Waals surface area contributed by atoms with Gasteiger partial charge in [-0.1, -0.05) is 12.1 Å². The van der Waals surface area contributed by atoms with Crippen LogP contribution in [-0.4, -0.2) is 18.1 Å². The number of hydrogen-bond acceptors (Lipinski definition) is 3. The van der Waals surface area contributed by atoms with Gasteiger partial charge in [0.15, 0.2) is 5.78 Å². The van der Waals surface area contributed by atoms with Gasteiger partial charge in [0, 0.05) is 16.7 Å². The molecule has 4 nitrogen and oxygen atoms in total. The van der Waals surface area contributed by atoms with Crippen LogP contribution in [0, 0.1) is 0 Å². The van der Waals surface area contributed by atoms with Crippen LogP contribution in [0.25, 0.3) is 0 Å². The summed E-state index contributed by atoms with van der Waals surface area (Å²) in [5.74, 6) is -1.42. The van der Waals surface area contributed by atoms with Gasteiger partial charge in [-0.3, -0.25) is 9.59 Å². The van der Waals surface area contributed by atoms with Crippen LogP contribution in [0.4, 0.5) is 13.2 Å². The molecule has 0 bridgehead atoms. The van der Waals surface area contributed by atoms with Crippen molar-refractivity contribution in [2.75, 3.05) is 0 Å². The first-order chi connectivity index (χ1) is 10.3. The van der Waals surface area contributed by atoms with Crippen LogP contribution < -0.4 is 10.5 Å². The number of amides is 1. The Hall–Kier alpha value is -2.83. The lowest BCUT2D eigenvalue weighted by Gasteiger charge is -2.09. The van der Waals surface area contributed by atoms with E-state index in [9.17, 15) is 22.8 Å². The third-order valence-electron chi connectivity index (χ3n) is 2.78. The van der Waals surface area contributed by atoms with Crippen molar-refractivity contribution in [1.29, 1.82) is 0 Å². The van der Waals surface area contributed by atoms with E-state index in [0.29, 0.717) is 0 Å². The topological polar surface area (TPSA) is 69.4 Å². The molecule has 2 rings (SSSR count). The molecule has 0 unspecified atom stereocenters. The Morgan fingerprint density at radius 1 is 0.818 bits per heavy atom. The third kappa shape index (κ3) is 3.85. The van der Waals surface area contributed by atoms with Gasteiger partial charge in [-0.05, 0) is 36.4 Å². The van der Waals surface area contributed by atoms with E-state index < -0.39 is 23.8 Å². The normalized spacial score (nSPS) is 11.0. The standard InChI is InChI=1S/C15H10F3NO3/c16-15(17,18)22-12-7-5-10(6-8-12)13(20)9-1-3-11(4-2-9)14(19)21/h1-8H,(H2,19,21). The Bertz CT molecular complexity index is 691. The molecule has 114 valence electrons. The molecule has 2 aromatic carbocycles. The van der Waals surface area contributed by atoms with E-state index in [1.165, 1.54) is 36.4 Å². The first-order valence-corrected chi connectivity index (χ1v) is 6.06. The predicted octanol–water partition coefficient (Wildman–Crippen LogP) is 2.92. The Kier molecular flexibility index (Phi) is 4.16. The number of ether oxygens (including phenoxy) is 1. The van der Waals surface area contributed by atoms with Crippen LogP contribution in [-0.2, 0) is 0 Å². The maximum Gasteiger partial charge on any atom is 0.573 e. The zero-order chi connectivity index (χ0) is 16.3. The Morgan fingerprint density at radius 2 is 1.23 bits per heavy atom. The number of nitrogens with two attached hydrogens (primary N) is 1. The predicted molar refractivity (Wildman–Crippen MR) is 71.5 cm³/mol. The van der Waals surface area contributed by atoms with Crippen LogP contribution in [0.3, 0.4) is 0 Å². The molecule has 22 heavy (non-hydrogen) atoms. The van der Waals surface area contributed by atoms with Crippen LogP contribution in [0.2, 0.25) is 0 Å². The van der Waals surface area contributed by atoms with E-state index in [4.69, 9.17) is 5.73 Å². The number of hydrogen-bond donors (Lipinski definition) is 1. The van der Waals surface area contributed by atoms with E-state index >= 15 is 0 Å². The zero-order valence-corrected chi connectivity index (χ0v) is 11.1. The van der Waals surface area contributed by atoms with Crippen molar-refractivity contribution in [3.63, 3.8) is 0 Å². The summed E-state index contributed by atoms with van der Waals surface area (Å²) in [5.41, 5.74) is 5.83. The lowest BCUT2D eigenvalue weighted by atomic mass is 10.0. The molecule has 0 aliphatic carbocycles. The van der Waals surface area contributed by atoms with Crippen molar-refractivity contribution in [3.05, 3.63) is 65.2 Å². The van der Waals surface area contributed by atoms with Crippen molar-refractivity contribution >= 4 is 11.7 Å². The van der Waals surface area contributed by atoms with Gasteiger partial charge in [0.2, 0.25) is 5.91 Å². The summed E-state index contributed by atoms with van der Waals surface area (Å²) in [6.45, 7) is 0. The molecule has 0 spiro atoms. The van der Waals surface area contributed by atoms with E-state index in [-0.39, 0.29) is 16.7 Å². The quantitative estimate of drug-likeness (QED) is 0.883. The van der Waals surface area contributed by atoms with Crippen molar-refractivity contribution in [2.24, 2.45) is 5.73 Å². The van der Waals surface area contributed by atoms with Crippen LogP contribution >= 0.6 is 0 Å². The average molecular weight is 309 g/mol. The maximum atomic E-state index is 12.1. The van der Waals surface area contributed by atoms with Crippen molar-refractivity contribution < 1.29 is 27.5 Å². The number of carbonyl (C=O) groups excluding carboxylic acids is 2. The zero-order valence-electron chi connectivity index (χ0n) is 11.1. The lowest BCUT2D eigenvalue weighted by molar-refractivity contribution is -0.274. The van der Waals surface area contributed by atoms with E-state index in [1.807, 2.05) is 0 Å².